The Morgan fingerprint density at radius 2 is 1.71 bits per heavy atom. The van der Waals surface area contributed by atoms with Crippen LogP contribution in [0.5, 0.6) is 5.75 Å². The molecule has 0 bridgehead atoms. The molecule has 8 heteroatoms. The number of amides is 1. The molecule has 0 spiro atoms. The van der Waals surface area contributed by atoms with Gasteiger partial charge in [-0.05, 0) is 91.8 Å². The summed E-state index contributed by atoms with van der Waals surface area (Å²) in [6.07, 6.45) is 4.31. The van der Waals surface area contributed by atoms with Crippen molar-refractivity contribution in [2.24, 2.45) is 0 Å². The molecule has 1 aliphatic carbocycles. The van der Waals surface area contributed by atoms with Crippen LogP contribution in [0.4, 0.5) is 11.4 Å². The van der Waals surface area contributed by atoms with Crippen molar-refractivity contribution in [1.82, 2.24) is 4.90 Å². The van der Waals surface area contributed by atoms with Gasteiger partial charge >= 0.3 is 5.97 Å². The average Bonchev–Trinajstić information content (AvgIpc) is 3.37. The Labute approximate surface area is 241 Å². The number of aryl methyl sites for hydroxylation is 1. The van der Waals surface area contributed by atoms with E-state index in [1.54, 1.807) is 19.2 Å². The van der Waals surface area contributed by atoms with Gasteiger partial charge in [0.05, 0.1) is 24.1 Å². The van der Waals surface area contributed by atoms with E-state index < -0.39 is 5.97 Å². The standard InChI is InChI=1S/C33H37N3O5/c1-22-6-3-4-9-30(22)35-32(24-7-5-8-24)34-26-14-10-23(11-15-26)18-31(37)36-20-29(40-2)19-27(36)21-41-28-16-12-25(13-17-28)33(38)39/h3-4,6,9-17,27,29,34-35H,5,7-8,18-21H2,1-2H3,(H,38,39). The smallest absolute Gasteiger partial charge is 0.335 e. The predicted octanol–water partition coefficient (Wildman–Crippen LogP) is 5.85. The molecule has 2 fully saturated rings. The molecule has 1 saturated carbocycles. The lowest BCUT2D eigenvalue weighted by molar-refractivity contribution is -0.132. The Bertz CT molecular complexity index is 1400. The van der Waals surface area contributed by atoms with E-state index in [9.17, 15) is 9.59 Å². The fraction of sp³-hybridized carbons (Fsp3) is 0.333. The van der Waals surface area contributed by atoms with Crippen LogP contribution in [0.2, 0.25) is 0 Å². The number of anilines is 2. The van der Waals surface area contributed by atoms with Crippen molar-refractivity contribution < 1.29 is 24.2 Å². The lowest BCUT2D eigenvalue weighted by Gasteiger charge is -2.25. The minimum absolute atomic E-state index is 0.0265. The van der Waals surface area contributed by atoms with Crippen molar-refractivity contribution in [3.63, 3.8) is 0 Å². The molecule has 5 rings (SSSR count). The number of nitrogens with zero attached hydrogens (tertiary/aromatic N) is 1. The second-order valence-corrected chi connectivity index (χ2v) is 10.7. The number of likely N-dealkylation sites (tertiary alicyclic amines) is 1. The van der Waals surface area contributed by atoms with Crippen LogP contribution >= 0.6 is 0 Å². The third kappa shape index (κ3) is 7.08. The van der Waals surface area contributed by atoms with Gasteiger partial charge in [0.15, 0.2) is 0 Å². The fourth-order valence-corrected chi connectivity index (χ4v) is 5.18. The number of aromatic carboxylic acids is 1. The molecular formula is C33H37N3O5. The number of nitrogens with one attached hydrogen (secondary N) is 2. The maximum absolute atomic E-state index is 13.4. The number of ether oxygens (including phenoxy) is 2. The number of para-hydroxylation sites is 1. The van der Waals surface area contributed by atoms with Gasteiger partial charge in [0, 0.05) is 25.0 Å². The van der Waals surface area contributed by atoms with E-state index in [0.29, 0.717) is 25.3 Å². The summed E-state index contributed by atoms with van der Waals surface area (Å²) in [5.41, 5.74) is 5.78. The molecule has 1 saturated heterocycles. The van der Waals surface area contributed by atoms with Gasteiger partial charge in [-0.3, -0.25) is 4.79 Å². The lowest BCUT2D eigenvalue weighted by Crippen LogP contribution is -2.40. The highest BCUT2D eigenvalue weighted by Gasteiger charge is 2.35. The Kier molecular flexibility index (Phi) is 8.89. The van der Waals surface area contributed by atoms with Gasteiger partial charge in [0.1, 0.15) is 18.2 Å². The largest absolute Gasteiger partial charge is 0.491 e. The Balaban J connectivity index is 1.20. The van der Waals surface area contributed by atoms with Gasteiger partial charge in [0.25, 0.3) is 0 Å². The van der Waals surface area contributed by atoms with Crippen molar-refractivity contribution in [3.8, 4) is 5.75 Å². The summed E-state index contributed by atoms with van der Waals surface area (Å²) < 4.78 is 11.5. The van der Waals surface area contributed by atoms with Crippen molar-refractivity contribution in [3.05, 3.63) is 101 Å². The molecule has 0 radical (unpaired) electrons. The quantitative estimate of drug-likeness (QED) is 0.273. The minimum atomic E-state index is -0.981. The third-order valence-electron chi connectivity index (χ3n) is 7.87. The van der Waals surface area contributed by atoms with Crippen LogP contribution in [-0.2, 0) is 16.0 Å². The zero-order valence-electron chi connectivity index (χ0n) is 23.6. The number of carbonyl (C=O) groups excluding carboxylic acids is 1. The molecular weight excluding hydrogens is 518 g/mol. The highest BCUT2D eigenvalue weighted by molar-refractivity contribution is 5.87. The maximum atomic E-state index is 13.4. The molecule has 2 aliphatic rings. The molecule has 2 atom stereocenters. The van der Waals surface area contributed by atoms with E-state index in [2.05, 4.69) is 29.7 Å². The summed E-state index contributed by atoms with van der Waals surface area (Å²) in [7, 11) is 1.66. The van der Waals surface area contributed by atoms with Crippen LogP contribution in [0.3, 0.4) is 0 Å². The van der Waals surface area contributed by atoms with E-state index in [4.69, 9.17) is 14.6 Å². The molecule has 41 heavy (non-hydrogen) atoms. The number of carboxylic acid groups (broad SMARTS) is 1. The van der Waals surface area contributed by atoms with E-state index >= 15 is 0 Å². The zero-order valence-corrected chi connectivity index (χ0v) is 23.6. The second-order valence-electron chi connectivity index (χ2n) is 10.7. The number of carboxylic acids is 1. The summed E-state index contributed by atoms with van der Waals surface area (Å²) >= 11 is 0. The van der Waals surface area contributed by atoms with Gasteiger partial charge in [-0.1, -0.05) is 30.3 Å². The molecule has 1 heterocycles. The topological polar surface area (TPSA) is 100 Å². The first-order chi connectivity index (χ1) is 19.9. The van der Waals surface area contributed by atoms with Gasteiger partial charge in [0.2, 0.25) is 5.91 Å². The van der Waals surface area contributed by atoms with Crippen LogP contribution in [0.25, 0.3) is 0 Å². The first kappa shape index (κ1) is 28.2. The maximum Gasteiger partial charge on any atom is 0.335 e. The monoisotopic (exact) mass is 555 g/mol. The highest BCUT2D eigenvalue weighted by Crippen LogP contribution is 2.31. The zero-order chi connectivity index (χ0) is 28.8. The van der Waals surface area contributed by atoms with E-state index in [0.717, 1.165) is 35.6 Å². The van der Waals surface area contributed by atoms with Crippen LogP contribution in [-0.4, -0.2) is 54.3 Å². The molecule has 3 aromatic rings. The Hall–Kier alpha value is -4.30. The Morgan fingerprint density at radius 1 is 0.976 bits per heavy atom. The van der Waals surface area contributed by atoms with Crippen LogP contribution in [0.1, 0.15) is 47.2 Å². The average molecular weight is 556 g/mol. The van der Waals surface area contributed by atoms with Crippen molar-refractivity contribution >= 4 is 23.3 Å². The molecule has 1 aliphatic heterocycles. The number of methoxy groups -OCH3 is 1. The normalized spacial score (nSPS) is 18.0. The molecule has 0 aromatic heterocycles. The summed E-state index contributed by atoms with van der Waals surface area (Å²) in [6, 6.07) is 22.5. The summed E-state index contributed by atoms with van der Waals surface area (Å²) in [5, 5.41) is 16.2. The Morgan fingerprint density at radius 3 is 2.34 bits per heavy atom. The van der Waals surface area contributed by atoms with E-state index in [-0.39, 0.29) is 30.0 Å². The van der Waals surface area contributed by atoms with Gasteiger partial charge in [-0.25, -0.2) is 4.79 Å². The molecule has 2 unspecified atom stereocenters. The van der Waals surface area contributed by atoms with Gasteiger partial charge in [-0.2, -0.15) is 0 Å². The number of hydrogen-bond donors (Lipinski definition) is 3. The molecule has 214 valence electrons. The highest BCUT2D eigenvalue weighted by atomic mass is 16.5. The number of allylic oxidation sites excluding steroid dienone is 1. The third-order valence-corrected chi connectivity index (χ3v) is 7.87. The molecule has 3 aromatic carbocycles. The number of carbonyl (C=O) groups is 2. The first-order valence-electron chi connectivity index (χ1n) is 14.1. The minimum Gasteiger partial charge on any atom is -0.491 e. The number of rotatable bonds is 11. The van der Waals surface area contributed by atoms with E-state index in [1.165, 1.54) is 29.7 Å². The van der Waals surface area contributed by atoms with Crippen molar-refractivity contribution in [1.29, 1.82) is 0 Å². The molecule has 1 amide bonds. The van der Waals surface area contributed by atoms with Crippen molar-refractivity contribution in [2.45, 2.75) is 51.2 Å². The summed E-state index contributed by atoms with van der Waals surface area (Å²) in [6.45, 7) is 2.93. The molecule has 8 nitrogen and oxygen atoms in total. The lowest BCUT2D eigenvalue weighted by atomic mass is 9.92. The van der Waals surface area contributed by atoms with Gasteiger partial charge in [-0.15, -0.1) is 0 Å². The van der Waals surface area contributed by atoms with Crippen LogP contribution in [0.15, 0.2) is 84.2 Å². The van der Waals surface area contributed by atoms with Crippen LogP contribution in [0, 0.1) is 6.92 Å². The van der Waals surface area contributed by atoms with Crippen molar-refractivity contribution in [2.75, 3.05) is 30.9 Å². The number of benzene rings is 3. The fourth-order valence-electron chi connectivity index (χ4n) is 5.18. The summed E-state index contributed by atoms with van der Waals surface area (Å²) in [4.78, 5) is 26.3. The molecule has 3 N–H and O–H groups in total. The number of hydrogen-bond acceptors (Lipinski definition) is 6. The van der Waals surface area contributed by atoms with E-state index in [1.807, 2.05) is 41.3 Å². The second kappa shape index (κ2) is 12.9. The summed E-state index contributed by atoms with van der Waals surface area (Å²) in [5.74, 6) is 0.654. The SMILES string of the molecule is COC1CC(COc2ccc(C(=O)O)cc2)N(C(=O)Cc2ccc(NC(Nc3ccccc3C)=C3CCC3)cc2)C1. The first-order valence-corrected chi connectivity index (χ1v) is 14.1. The van der Waals surface area contributed by atoms with Crippen LogP contribution < -0.4 is 15.4 Å². The predicted molar refractivity (Wildman–Crippen MR) is 159 cm³/mol. The van der Waals surface area contributed by atoms with Gasteiger partial charge < -0.3 is 30.1 Å².